The third kappa shape index (κ3) is 1.47. The van der Waals surface area contributed by atoms with Crippen molar-refractivity contribution in [2.75, 3.05) is 5.73 Å². The summed E-state index contributed by atoms with van der Waals surface area (Å²) < 4.78 is 14.0. The fraction of sp³-hybridized carbons (Fsp3) is 0. The van der Waals surface area contributed by atoms with Crippen molar-refractivity contribution < 1.29 is 4.39 Å². The van der Waals surface area contributed by atoms with Gasteiger partial charge in [-0.05, 0) is 18.2 Å². The Morgan fingerprint density at radius 1 is 1.31 bits per heavy atom. The molecule has 1 aromatic carbocycles. The summed E-state index contributed by atoms with van der Waals surface area (Å²) in [5.74, 6) is -0.641. The molecule has 13 heavy (non-hydrogen) atoms. The summed E-state index contributed by atoms with van der Waals surface area (Å²) in [6.07, 6.45) is 0. The van der Waals surface area contributed by atoms with Gasteiger partial charge in [0.15, 0.2) is 0 Å². The number of aromatic nitrogens is 2. The van der Waals surface area contributed by atoms with Gasteiger partial charge >= 0.3 is 0 Å². The number of nitrogens with two attached hydrogens (primary N) is 1. The smallest absolute Gasteiger partial charge is 0.225 e. The Balaban J connectivity index is 2.86. The van der Waals surface area contributed by atoms with E-state index in [0.29, 0.717) is 10.9 Å². The lowest BCUT2D eigenvalue weighted by atomic mass is 10.2. The molecule has 2 N–H and O–H groups in total. The van der Waals surface area contributed by atoms with E-state index in [1.807, 2.05) is 0 Å². The van der Waals surface area contributed by atoms with Gasteiger partial charge in [-0.25, -0.2) is 4.98 Å². The topological polar surface area (TPSA) is 51.8 Å². The summed E-state index contributed by atoms with van der Waals surface area (Å²) in [7, 11) is 0. The Hall–Kier alpha value is -1.23. The zero-order valence-electron chi connectivity index (χ0n) is 6.46. The summed E-state index contributed by atoms with van der Waals surface area (Å²) in [4.78, 5) is 7.31. The highest BCUT2D eigenvalue weighted by molar-refractivity contribution is 9.10. The van der Waals surface area contributed by atoms with Gasteiger partial charge < -0.3 is 5.73 Å². The second kappa shape index (κ2) is 2.92. The minimum absolute atomic E-state index is 0.0527. The fourth-order valence-electron chi connectivity index (χ4n) is 1.08. The Kier molecular flexibility index (Phi) is 1.88. The lowest BCUT2D eigenvalue weighted by Gasteiger charge is -1.99. The van der Waals surface area contributed by atoms with Crippen molar-refractivity contribution in [3.8, 4) is 0 Å². The van der Waals surface area contributed by atoms with Crippen molar-refractivity contribution in [1.82, 2.24) is 9.97 Å². The molecule has 1 heterocycles. The van der Waals surface area contributed by atoms with E-state index in [0.717, 1.165) is 4.47 Å². The van der Waals surface area contributed by atoms with E-state index in [9.17, 15) is 4.39 Å². The predicted octanol–water partition coefficient (Wildman–Crippen LogP) is 2.11. The van der Waals surface area contributed by atoms with Crippen molar-refractivity contribution in [2.45, 2.75) is 0 Å². The molecule has 0 spiro atoms. The molecule has 0 atom stereocenters. The molecule has 0 saturated carbocycles. The first-order chi connectivity index (χ1) is 6.16. The monoisotopic (exact) mass is 241 g/mol. The molecule has 0 amide bonds. The van der Waals surface area contributed by atoms with E-state index >= 15 is 0 Å². The summed E-state index contributed by atoms with van der Waals surface area (Å²) in [6.45, 7) is 0. The minimum Gasteiger partial charge on any atom is -0.368 e. The Morgan fingerprint density at radius 3 is 2.85 bits per heavy atom. The quantitative estimate of drug-likeness (QED) is 0.720. The van der Waals surface area contributed by atoms with Crippen LogP contribution < -0.4 is 5.73 Å². The van der Waals surface area contributed by atoms with Gasteiger partial charge in [0.25, 0.3) is 0 Å². The van der Waals surface area contributed by atoms with Crippen LogP contribution in [-0.2, 0) is 0 Å². The van der Waals surface area contributed by atoms with Gasteiger partial charge in [0.2, 0.25) is 11.9 Å². The van der Waals surface area contributed by atoms with Gasteiger partial charge in [-0.2, -0.15) is 9.37 Å². The maximum Gasteiger partial charge on any atom is 0.225 e. The highest BCUT2D eigenvalue weighted by Gasteiger charge is 2.04. The van der Waals surface area contributed by atoms with Gasteiger partial charge in [0.05, 0.1) is 10.9 Å². The number of nitrogens with zero attached hydrogens (tertiary/aromatic N) is 2. The summed E-state index contributed by atoms with van der Waals surface area (Å²) in [5.41, 5.74) is 5.80. The molecule has 3 nitrogen and oxygen atoms in total. The van der Waals surface area contributed by atoms with Crippen LogP contribution in [0.2, 0.25) is 0 Å². The molecule has 0 aliphatic rings. The average Bonchev–Trinajstić information content (AvgIpc) is 2.02. The molecule has 0 aliphatic carbocycles. The number of rotatable bonds is 0. The molecule has 1 aromatic heterocycles. The Morgan fingerprint density at radius 2 is 2.08 bits per heavy atom. The van der Waals surface area contributed by atoms with Gasteiger partial charge in [-0.15, -0.1) is 0 Å². The number of hydrogen-bond donors (Lipinski definition) is 1. The molecule has 66 valence electrons. The molecule has 0 bridgehead atoms. The zero-order valence-corrected chi connectivity index (χ0v) is 8.05. The summed E-state index contributed by atoms with van der Waals surface area (Å²) in [6, 6.07) is 5.02. The fourth-order valence-corrected chi connectivity index (χ4v) is 1.43. The van der Waals surface area contributed by atoms with Crippen LogP contribution in [0, 0.1) is 5.95 Å². The SMILES string of the molecule is Nc1nc(F)c2ccc(Br)cc2n1. The maximum atomic E-state index is 13.1. The number of nitrogen functional groups attached to an aromatic ring is 1. The first kappa shape index (κ1) is 8.37. The highest BCUT2D eigenvalue weighted by atomic mass is 79.9. The minimum atomic E-state index is -0.588. The summed E-state index contributed by atoms with van der Waals surface area (Å²) >= 11 is 3.26. The standard InChI is InChI=1S/C8H5BrFN3/c9-4-1-2-5-6(3-4)12-8(11)13-7(5)10/h1-3H,(H2,11,12,13). The van der Waals surface area contributed by atoms with E-state index in [1.54, 1.807) is 18.2 Å². The summed E-state index contributed by atoms with van der Waals surface area (Å²) in [5, 5.41) is 0.373. The number of benzene rings is 1. The molecule has 2 rings (SSSR count). The van der Waals surface area contributed by atoms with E-state index in [4.69, 9.17) is 5.73 Å². The number of hydrogen-bond acceptors (Lipinski definition) is 3. The average molecular weight is 242 g/mol. The Labute approximate surface area is 81.9 Å². The number of anilines is 1. The van der Waals surface area contributed by atoms with E-state index in [-0.39, 0.29) is 5.95 Å². The van der Waals surface area contributed by atoms with Crippen LogP contribution in [0.15, 0.2) is 22.7 Å². The van der Waals surface area contributed by atoms with Gasteiger partial charge in [0.1, 0.15) is 0 Å². The largest absolute Gasteiger partial charge is 0.368 e. The van der Waals surface area contributed by atoms with Gasteiger partial charge in [0, 0.05) is 4.47 Å². The molecule has 0 aliphatic heterocycles. The molecular weight excluding hydrogens is 237 g/mol. The Bertz CT molecular complexity index is 467. The second-order valence-electron chi connectivity index (χ2n) is 2.53. The second-order valence-corrected chi connectivity index (χ2v) is 3.45. The lowest BCUT2D eigenvalue weighted by molar-refractivity contribution is 0.596. The maximum absolute atomic E-state index is 13.1. The van der Waals surface area contributed by atoms with Crippen molar-refractivity contribution in [3.05, 3.63) is 28.6 Å². The third-order valence-corrected chi connectivity index (χ3v) is 2.12. The van der Waals surface area contributed by atoms with Crippen LogP contribution in [0.25, 0.3) is 10.9 Å². The molecule has 0 saturated heterocycles. The molecule has 2 aromatic rings. The molecule has 0 radical (unpaired) electrons. The van der Waals surface area contributed by atoms with Crippen LogP contribution in [0.3, 0.4) is 0 Å². The van der Waals surface area contributed by atoms with Crippen molar-refractivity contribution in [2.24, 2.45) is 0 Å². The van der Waals surface area contributed by atoms with Crippen LogP contribution in [0.1, 0.15) is 0 Å². The van der Waals surface area contributed by atoms with Crippen molar-refractivity contribution in [3.63, 3.8) is 0 Å². The van der Waals surface area contributed by atoms with Gasteiger partial charge in [-0.1, -0.05) is 15.9 Å². The van der Waals surface area contributed by atoms with Crippen LogP contribution in [-0.4, -0.2) is 9.97 Å². The molecule has 0 unspecified atom stereocenters. The number of halogens is 2. The number of fused-ring (bicyclic) bond motifs is 1. The van der Waals surface area contributed by atoms with Gasteiger partial charge in [-0.3, -0.25) is 0 Å². The van der Waals surface area contributed by atoms with E-state index in [2.05, 4.69) is 25.9 Å². The van der Waals surface area contributed by atoms with Crippen LogP contribution in [0.5, 0.6) is 0 Å². The van der Waals surface area contributed by atoms with E-state index in [1.165, 1.54) is 0 Å². The third-order valence-electron chi connectivity index (χ3n) is 1.63. The normalized spacial score (nSPS) is 10.6. The first-order valence-corrected chi connectivity index (χ1v) is 4.34. The van der Waals surface area contributed by atoms with E-state index < -0.39 is 5.95 Å². The first-order valence-electron chi connectivity index (χ1n) is 3.55. The van der Waals surface area contributed by atoms with Crippen LogP contribution in [0.4, 0.5) is 10.3 Å². The highest BCUT2D eigenvalue weighted by Crippen LogP contribution is 2.20. The molecule has 0 fully saturated rings. The molecule has 5 heteroatoms. The lowest BCUT2D eigenvalue weighted by Crippen LogP contribution is -1.98. The predicted molar refractivity (Wildman–Crippen MR) is 51.6 cm³/mol. The van der Waals surface area contributed by atoms with Crippen LogP contribution >= 0.6 is 15.9 Å². The zero-order chi connectivity index (χ0) is 9.42. The van der Waals surface area contributed by atoms with Crippen molar-refractivity contribution in [1.29, 1.82) is 0 Å². The van der Waals surface area contributed by atoms with Crippen molar-refractivity contribution >= 4 is 32.8 Å². The molecular formula is C8H5BrFN3.